The summed E-state index contributed by atoms with van der Waals surface area (Å²) in [7, 11) is 0. The molecular weight excluding hydrogens is 348 g/mol. The molecule has 0 aliphatic rings. The molecule has 3 N–H and O–H groups in total. The standard InChI is InChI=1S/C16H17BrN2O3/c17-13-5-2-1-4-12(13)8-11(10-20)9-18-15-7-3-6-14(19-15)16(21)22/h1-7,11,20H,8-10H2,(H,18,19)(H,21,22). The van der Waals surface area contributed by atoms with Gasteiger partial charge in [-0.2, -0.15) is 0 Å². The van der Waals surface area contributed by atoms with Gasteiger partial charge in [-0.3, -0.25) is 0 Å². The van der Waals surface area contributed by atoms with E-state index in [1.54, 1.807) is 12.1 Å². The number of carboxylic acid groups (broad SMARTS) is 1. The van der Waals surface area contributed by atoms with Crippen molar-refractivity contribution in [3.8, 4) is 0 Å². The zero-order valence-corrected chi connectivity index (χ0v) is 13.5. The van der Waals surface area contributed by atoms with Crippen molar-refractivity contribution >= 4 is 27.7 Å². The highest BCUT2D eigenvalue weighted by Crippen LogP contribution is 2.19. The summed E-state index contributed by atoms with van der Waals surface area (Å²) in [6.07, 6.45) is 0.712. The van der Waals surface area contributed by atoms with E-state index in [-0.39, 0.29) is 18.2 Å². The van der Waals surface area contributed by atoms with Crippen LogP contribution in [0, 0.1) is 5.92 Å². The van der Waals surface area contributed by atoms with Gasteiger partial charge in [0, 0.05) is 23.5 Å². The second kappa shape index (κ2) is 7.91. The molecule has 1 aromatic heterocycles. The van der Waals surface area contributed by atoms with Crippen molar-refractivity contribution in [3.05, 3.63) is 58.2 Å². The number of aromatic nitrogens is 1. The van der Waals surface area contributed by atoms with Gasteiger partial charge in [0.15, 0.2) is 5.69 Å². The number of nitrogens with zero attached hydrogens (tertiary/aromatic N) is 1. The highest BCUT2D eigenvalue weighted by atomic mass is 79.9. The fraction of sp³-hybridized carbons (Fsp3) is 0.250. The maximum Gasteiger partial charge on any atom is 0.354 e. The number of aromatic carboxylic acids is 1. The molecule has 22 heavy (non-hydrogen) atoms. The molecule has 0 amide bonds. The molecular formula is C16H17BrN2O3. The van der Waals surface area contributed by atoms with Gasteiger partial charge in [0.25, 0.3) is 0 Å². The zero-order chi connectivity index (χ0) is 15.9. The zero-order valence-electron chi connectivity index (χ0n) is 11.9. The number of anilines is 1. The van der Waals surface area contributed by atoms with E-state index < -0.39 is 5.97 Å². The number of pyridine rings is 1. The van der Waals surface area contributed by atoms with Crippen LogP contribution in [0.25, 0.3) is 0 Å². The minimum atomic E-state index is -1.06. The fourth-order valence-corrected chi connectivity index (χ4v) is 2.52. The van der Waals surface area contributed by atoms with Crippen LogP contribution in [0.2, 0.25) is 0 Å². The van der Waals surface area contributed by atoms with Crippen molar-refractivity contribution in [2.45, 2.75) is 6.42 Å². The van der Waals surface area contributed by atoms with E-state index in [4.69, 9.17) is 5.11 Å². The monoisotopic (exact) mass is 364 g/mol. The Hall–Kier alpha value is -1.92. The minimum absolute atomic E-state index is 0.00338. The van der Waals surface area contributed by atoms with Gasteiger partial charge in [-0.1, -0.05) is 40.2 Å². The molecule has 0 spiro atoms. The lowest BCUT2D eigenvalue weighted by Gasteiger charge is -2.16. The number of aliphatic hydroxyl groups excluding tert-OH is 1. The number of carboxylic acids is 1. The molecule has 2 aromatic rings. The smallest absolute Gasteiger partial charge is 0.354 e. The third-order valence-electron chi connectivity index (χ3n) is 3.26. The second-order valence-corrected chi connectivity index (χ2v) is 5.79. The van der Waals surface area contributed by atoms with Crippen LogP contribution in [0.3, 0.4) is 0 Å². The quantitative estimate of drug-likeness (QED) is 0.703. The highest BCUT2D eigenvalue weighted by Gasteiger charge is 2.11. The molecule has 5 nitrogen and oxygen atoms in total. The first-order chi connectivity index (χ1) is 10.6. The van der Waals surface area contributed by atoms with Gasteiger partial charge >= 0.3 is 5.97 Å². The van der Waals surface area contributed by atoms with E-state index >= 15 is 0 Å². The van der Waals surface area contributed by atoms with Crippen LogP contribution in [0.4, 0.5) is 5.82 Å². The molecule has 1 unspecified atom stereocenters. The van der Waals surface area contributed by atoms with Crippen LogP contribution in [0.15, 0.2) is 46.9 Å². The second-order valence-electron chi connectivity index (χ2n) is 4.94. The normalized spacial score (nSPS) is 11.9. The summed E-state index contributed by atoms with van der Waals surface area (Å²) < 4.78 is 1.01. The fourth-order valence-electron chi connectivity index (χ4n) is 2.08. The van der Waals surface area contributed by atoms with E-state index in [0.29, 0.717) is 18.8 Å². The largest absolute Gasteiger partial charge is 0.477 e. The number of hydrogen-bond acceptors (Lipinski definition) is 4. The Balaban J connectivity index is 1.98. The summed E-state index contributed by atoms with van der Waals surface area (Å²) in [5.74, 6) is -0.560. The Bertz CT molecular complexity index is 649. The highest BCUT2D eigenvalue weighted by molar-refractivity contribution is 9.10. The van der Waals surface area contributed by atoms with Crippen LogP contribution in [0.1, 0.15) is 16.1 Å². The van der Waals surface area contributed by atoms with Crippen molar-refractivity contribution in [2.24, 2.45) is 5.92 Å². The Labute approximate surface area is 137 Å². The predicted molar refractivity (Wildman–Crippen MR) is 88.1 cm³/mol. The molecule has 0 fully saturated rings. The predicted octanol–water partition coefficient (Wildman–Crippen LogP) is 2.81. The lowest BCUT2D eigenvalue weighted by molar-refractivity contribution is 0.0690. The first kappa shape index (κ1) is 16.5. The van der Waals surface area contributed by atoms with Crippen LogP contribution in [-0.4, -0.2) is 34.3 Å². The summed E-state index contributed by atoms with van der Waals surface area (Å²) in [4.78, 5) is 14.9. The van der Waals surface area contributed by atoms with Crippen molar-refractivity contribution in [2.75, 3.05) is 18.5 Å². The van der Waals surface area contributed by atoms with Crippen molar-refractivity contribution < 1.29 is 15.0 Å². The minimum Gasteiger partial charge on any atom is -0.477 e. The van der Waals surface area contributed by atoms with Gasteiger partial charge in [-0.15, -0.1) is 0 Å². The lowest BCUT2D eigenvalue weighted by Crippen LogP contribution is -2.21. The number of carbonyl (C=O) groups is 1. The van der Waals surface area contributed by atoms with Crippen LogP contribution in [0.5, 0.6) is 0 Å². The number of nitrogens with one attached hydrogen (secondary N) is 1. The number of benzene rings is 1. The Morgan fingerprint density at radius 1 is 1.23 bits per heavy atom. The number of halogens is 1. The average molecular weight is 365 g/mol. The van der Waals surface area contributed by atoms with Crippen molar-refractivity contribution in [1.82, 2.24) is 4.98 Å². The maximum absolute atomic E-state index is 10.9. The molecule has 1 atom stereocenters. The Morgan fingerprint density at radius 2 is 2.00 bits per heavy atom. The van der Waals surface area contributed by atoms with E-state index in [0.717, 1.165) is 10.0 Å². The van der Waals surface area contributed by atoms with Crippen LogP contribution < -0.4 is 5.32 Å². The molecule has 1 heterocycles. The topological polar surface area (TPSA) is 82.5 Å². The van der Waals surface area contributed by atoms with Gasteiger partial charge < -0.3 is 15.5 Å². The third kappa shape index (κ3) is 4.54. The van der Waals surface area contributed by atoms with E-state index in [2.05, 4.69) is 26.2 Å². The maximum atomic E-state index is 10.9. The van der Waals surface area contributed by atoms with E-state index in [1.807, 2.05) is 24.3 Å². The van der Waals surface area contributed by atoms with Crippen LogP contribution >= 0.6 is 15.9 Å². The first-order valence-corrected chi connectivity index (χ1v) is 7.68. The van der Waals surface area contributed by atoms with Gasteiger partial charge in [0.1, 0.15) is 5.82 Å². The molecule has 0 saturated heterocycles. The molecule has 2 rings (SSSR count). The SMILES string of the molecule is O=C(O)c1cccc(NCC(CO)Cc2ccccc2Br)n1. The molecule has 0 bridgehead atoms. The Kier molecular flexibility index (Phi) is 5.91. The molecule has 6 heteroatoms. The number of aliphatic hydroxyl groups is 1. The molecule has 116 valence electrons. The van der Waals surface area contributed by atoms with E-state index in [1.165, 1.54) is 6.07 Å². The van der Waals surface area contributed by atoms with Crippen molar-refractivity contribution in [1.29, 1.82) is 0 Å². The van der Waals surface area contributed by atoms with Gasteiger partial charge in [-0.05, 0) is 30.2 Å². The summed E-state index contributed by atoms with van der Waals surface area (Å²) in [6.45, 7) is 0.543. The van der Waals surface area contributed by atoms with Gasteiger partial charge in [0.05, 0.1) is 0 Å². The molecule has 0 radical (unpaired) electrons. The summed E-state index contributed by atoms with van der Waals surface area (Å²) >= 11 is 3.50. The van der Waals surface area contributed by atoms with Gasteiger partial charge in [-0.25, -0.2) is 9.78 Å². The number of hydrogen-bond donors (Lipinski definition) is 3. The van der Waals surface area contributed by atoms with Crippen LogP contribution in [-0.2, 0) is 6.42 Å². The molecule has 0 aliphatic heterocycles. The summed E-state index contributed by atoms with van der Waals surface area (Å²) in [5, 5.41) is 21.5. The van der Waals surface area contributed by atoms with Crippen molar-refractivity contribution in [3.63, 3.8) is 0 Å². The van der Waals surface area contributed by atoms with E-state index in [9.17, 15) is 9.90 Å². The molecule has 0 aliphatic carbocycles. The lowest BCUT2D eigenvalue weighted by atomic mass is 10.00. The summed E-state index contributed by atoms with van der Waals surface area (Å²) in [5.41, 5.74) is 1.12. The Morgan fingerprint density at radius 3 is 2.68 bits per heavy atom. The first-order valence-electron chi connectivity index (χ1n) is 6.88. The third-order valence-corrected chi connectivity index (χ3v) is 4.04. The average Bonchev–Trinajstić information content (AvgIpc) is 2.53. The van der Waals surface area contributed by atoms with Gasteiger partial charge in [0.2, 0.25) is 0 Å². The number of rotatable bonds is 7. The molecule has 0 saturated carbocycles. The summed E-state index contributed by atoms with van der Waals surface area (Å²) in [6, 6.07) is 12.7. The molecule has 1 aromatic carbocycles.